The molecule has 7 heteroatoms. The van der Waals surface area contributed by atoms with Crippen LogP contribution in [0.3, 0.4) is 0 Å². The number of nitrogens with zero attached hydrogens (tertiary/aromatic N) is 2. The number of ether oxygens (including phenoxy) is 1. The SMILES string of the molecule is CCOC(=O)[C@H]1CCCN(CC(=O)N(C)CC(=O)Nc2c(C)cccc2C)C1. The van der Waals surface area contributed by atoms with E-state index in [1.54, 1.807) is 14.0 Å². The zero-order valence-electron chi connectivity index (χ0n) is 17.3. The Balaban J connectivity index is 1.85. The van der Waals surface area contributed by atoms with E-state index in [0.29, 0.717) is 13.2 Å². The molecule has 154 valence electrons. The molecular formula is C21H31N3O4. The minimum absolute atomic E-state index is 0.0122. The lowest BCUT2D eigenvalue weighted by atomic mass is 9.98. The van der Waals surface area contributed by atoms with E-state index in [0.717, 1.165) is 36.2 Å². The number of aryl methyl sites for hydroxylation is 2. The molecule has 0 bridgehead atoms. The second-order valence-electron chi connectivity index (χ2n) is 7.39. The molecule has 2 rings (SSSR count). The fraction of sp³-hybridized carbons (Fsp3) is 0.571. The lowest BCUT2D eigenvalue weighted by Gasteiger charge is -2.32. The summed E-state index contributed by atoms with van der Waals surface area (Å²) in [6, 6.07) is 5.82. The third-order valence-electron chi connectivity index (χ3n) is 5.04. The normalized spacial score (nSPS) is 17.1. The summed E-state index contributed by atoms with van der Waals surface area (Å²) in [7, 11) is 1.62. The van der Waals surface area contributed by atoms with E-state index in [1.807, 2.05) is 36.9 Å². The van der Waals surface area contributed by atoms with Crippen molar-refractivity contribution in [2.75, 3.05) is 45.2 Å². The Morgan fingerprint density at radius 2 is 1.93 bits per heavy atom. The van der Waals surface area contributed by atoms with Crippen molar-refractivity contribution in [3.05, 3.63) is 29.3 Å². The fourth-order valence-corrected chi connectivity index (χ4v) is 3.46. The largest absolute Gasteiger partial charge is 0.466 e. The molecule has 1 fully saturated rings. The van der Waals surface area contributed by atoms with Gasteiger partial charge in [0.25, 0.3) is 0 Å². The summed E-state index contributed by atoms with van der Waals surface area (Å²) < 4.78 is 5.10. The Morgan fingerprint density at radius 3 is 2.57 bits per heavy atom. The number of likely N-dealkylation sites (N-methyl/N-ethyl adjacent to an activating group) is 1. The lowest BCUT2D eigenvalue weighted by Crippen LogP contribution is -2.46. The van der Waals surface area contributed by atoms with E-state index < -0.39 is 0 Å². The van der Waals surface area contributed by atoms with Crippen LogP contribution in [-0.2, 0) is 19.1 Å². The highest BCUT2D eigenvalue weighted by Crippen LogP contribution is 2.20. The van der Waals surface area contributed by atoms with E-state index in [4.69, 9.17) is 4.74 Å². The standard InChI is InChI=1S/C21H31N3O4/c1-5-28-21(27)17-10-7-11-24(12-17)14-19(26)23(4)13-18(25)22-20-15(2)8-6-9-16(20)3/h6,8-9,17H,5,7,10-14H2,1-4H3,(H,22,25)/t17-/m0/s1. The molecule has 1 aliphatic heterocycles. The van der Waals surface area contributed by atoms with Crippen LogP contribution in [0, 0.1) is 19.8 Å². The highest BCUT2D eigenvalue weighted by Gasteiger charge is 2.28. The van der Waals surface area contributed by atoms with Gasteiger partial charge in [-0.15, -0.1) is 0 Å². The Morgan fingerprint density at radius 1 is 1.25 bits per heavy atom. The minimum Gasteiger partial charge on any atom is -0.466 e. The smallest absolute Gasteiger partial charge is 0.310 e. The number of para-hydroxylation sites is 1. The zero-order valence-corrected chi connectivity index (χ0v) is 17.3. The van der Waals surface area contributed by atoms with Gasteiger partial charge >= 0.3 is 5.97 Å². The van der Waals surface area contributed by atoms with Crippen LogP contribution in [0.1, 0.15) is 30.9 Å². The Kier molecular flexibility index (Phi) is 7.99. The lowest BCUT2D eigenvalue weighted by molar-refractivity contribution is -0.150. The molecule has 0 spiro atoms. The first kappa shape index (κ1) is 21.9. The molecule has 0 unspecified atom stereocenters. The van der Waals surface area contributed by atoms with Crippen molar-refractivity contribution in [2.45, 2.75) is 33.6 Å². The van der Waals surface area contributed by atoms with Gasteiger partial charge in [-0.05, 0) is 51.3 Å². The van der Waals surface area contributed by atoms with Gasteiger partial charge in [-0.25, -0.2) is 0 Å². The van der Waals surface area contributed by atoms with Gasteiger partial charge in [0.1, 0.15) is 0 Å². The van der Waals surface area contributed by atoms with Gasteiger partial charge in [-0.1, -0.05) is 18.2 Å². The van der Waals surface area contributed by atoms with Crippen LogP contribution in [0.15, 0.2) is 18.2 Å². The van der Waals surface area contributed by atoms with Crippen molar-refractivity contribution >= 4 is 23.5 Å². The molecule has 1 aliphatic rings. The molecule has 1 saturated heterocycles. The summed E-state index contributed by atoms with van der Waals surface area (Å²) >= 11 is 0. The van der Waals surface area contributed by atoms with Crippen LogP contribution in [0.2, 0.25) is 0 Å². The number of hydrogen-bond donors (Lipinski definition) is 1. The Hall–Kier alpha value is -2.41. The van der Waals surface area contributed by atoms with Gasteiger partial charge < -0.3 is 15.0 Å². The predicted octanol–water partition coefficient (Wildman–Crippen LogP) is 1.98. The molecule has 1 aromatic carbocycles. The van der Waals surface area contributed by atoms with Crippen molar-refractivity contribution in [3.63, 3.8) is 0 Å². The van der Waals surface area contributed by atoms with Crippen molar-refractivity contribution in [1.29, 1.82) is 0 Å². The molecule has 28 heavy (non-hydrogen) atoms. The van der Waals surface area contributed by atoms with E-state index in [2.05, 4.69) is 5.32 Å². The second-order valence-corrected chi connectivity index (χ2v) is 7.39. The maximum atomic E-state index is 12.5. The number of carbonyl (C=O) groups is 3. The van der Waals surface area contributed by atoms with Gasteiger partial charge in [0.15, 0.2) is 0 Å². The quantitative estimate of drug-likeness (QED) is 0.722. The van der Waals surface area contributed by atoms with Crippen molar-refractivity contribution in [3.8, 4) is 0 Å². The number of rotatable bonds is 7. The Labute approximate surface area is 167 Å². The summed E-state index contributed by atoms with van der Waals surface area (Å²) in [4.78, 5) is 40.2. The second kappa shape index (κ2) is 10.2. The van der Waals surface area contributed by atoms with E-state index in [9.17, 15) is 14.4 Å². The summed E-state index contributed by atoms with van der Waals surface area (Å²) in [5, 5.41) is 2.90. The maximum Gasteiger partial charge on any atom is 0.310 e. The monoisotopic (exact) mass is 389 g/mol. The fourth-order valence-electron chi connectivity index (χ4n) is 3.46. The summed E-state index contributed by atoms with van der Waals surface area (Å²) in [6.07, 6.45) is 1.64. The highest BCUT2D eigenvalue weighted by molar-refractivity contribution is 5.95. The summed E-state index contributed by atoms with van der Waals surface area (Å²) in [5.74, 6) is -0.738. The molecule has 0 radical (unpaired) electrons. The number of nitrogens with one attached hydrogen (secondary N) is 1. The first-order chi connectivity index (χ1) is 13.3. The van der Waals surface area contributed by atoms with Crippen molar-refractivity contribution in [2.24, 2.45) is 5.92 Å². The number of hydrogen-bond acceptors (Lipinski definition) is 5. The molecular weight excluding hydrogens is 358 g/mol. The maximum absolute atomic E-state index is 12.5. The third kappa shape index (κ3) is 6.05. The minimum atomic E-state index is -0.226. The van der Waals surface area contributed by atoms with Crippen LogP contribution in [0.5, 0.6) is 0 Å². The summed E-state index contributed by atoms with van der Waals surface area (Å²) in [6.45, 7) is 7.51. The van der Waals surface area contributed by atoms with Gasteiger partial charge in [-0.2, -0.15) is 0 Å². The van der Waals surface area contributed by atoms with Gasteiger partial charge in [-0.3, -0.25) is 19.3 Å². The van der Waals surface area contributed by atoms with Crippen molar-refractivity contribution in [1.82, 2.24) is 9.80 Å². The summed E-state index contributed by atoms with van der Waals surface area (Å²) in [5.41, 5.74) is 2.77. The van der Waals surface area contributed by atoms with Crippen molar-refractivity contribution < 1.29 is 19.1 Å². The molecule has 2 amide bonds. The number of carbonyl (C=O) groups excluding carboxylic acids is 3. The number of likely N-dealkylation sites (tertiary alicyclic amines) is 1. The zero-order chi connectivity index (χ0) is 20.7. The van der Waals surface area contributed by atoms with E-state index in [1.165, 1.54) is 4.90 Å². The Bertz CT molecular complexity index is 699. The number of amides is 2. The van der Waals surface area contributed by atoms with Gasteiger partial charge in [0.05, 0.1) is 25.6 Å². The van der Waals surface area contributed by atoms with Crippen LogP contribution in [0.4, 0.5) is 5.69 Å². The van der Waals surface area contributed by atoms with Gasteiger partial charge in [0.2, 0.25) is 11.8 Å². The molecule has 1 atom stereocenters. The molecule has 0 aromatic heterocycles. The molecule has 7 nitrogen and oxygen atoms in total. The third-order valence-corrected chi connectivity index (χ3v) is 5.04. The van der Waals surface area contributed by atoms with Gasteiger partial charge in [0, 0.05) is 19.3 Å². The highest BCUT2D eigenvalue weighted by atomic mass is 16.5. The first-order valence-electron chi connectivity index (χ1n) is 9.80. The average molecular weight is 389 g/mol. The number of piperidine rings is 1. The molecule has 1 heterocycles. The number of benzene rings is 1. The number of anilines is 1. The van der Waals surface area contributed by atoms with E-state index in [-0.39, 0.29) is 36.8 Å². The number of esters is 1. The van der Waals surface area contributed by atoms with E-state index >= 15 is 0 Å². The average Bonchev–Trinajstić information content (AvgIpc) is 2.65. The molecule has 1 N–H and O–H groups in total. The predicted molar refractivity (Wildman–Crippen MR) is 108 cm³/mol. The molecule has 1 aromatic rings. The van der Waals surface area contributed by atoms with Crippen LogP contribution >= 0.6 is 0 Å². The molecule has 0 saturated carbocycles. The topological polar surface area (TPSA) is 79.0 Å². The first-order valence-corrected chi connectivity index (χ1v) is 9.80. The van der Waals surface area contributed by atoms with Crippen LogP contribution < -0.4 is 5.32 Å². The van der Waals surface area contributed by atoms with Crippen LogP contribution in [0.25, 0.3) is 0 Å². The molecule has 0 aliphatic carbocycles. The van der Waals surface area contributed by atoms with Crippen LogP contribution in [-0.4, -0.2) is 67.4 Å².